The highest BCUT2D eigenvalue weighted by atomic mass is 32.2. The van der Waals surface area contributed by atoms with Crippen LogP contribution >= 0.6 is 0 Å². The summed E-state index contributed by atoms with van der Waals surface area (Å²) in [6.07, 6.45) is 1.13. The molecular weight excluding hydrogens is 460 g/mol. The van der Waals surface area contributed by atoms with Crippen molar-refractivity contribution >= 4 is 31.5 Å². The van der Waals surface area contributed by atoms with E-state index >= 15 is 0 Å². The van der Waals surface area contributed by atoms with Gasteiger partial charge in [-0.3, -0.25) is 9.10 Å². The zero-order valence-corrected chi connectivity index (χ0v) is 20.2. The second-order valence-electron chi connectivity index (χ2n) is 7.79. The van der Waals surface area contributed by atoms with Crippen LogP contribution in [0.2, 0.25) is 0 Å². The molecule has 0 spiro atoms. The van der Waals surface area contributed by atoms with Crippen LogP contribution in [0.5, 0.6) is 0 Å². The Labute approximate surface area is 195 Å². The van der Waals surface area contributed by atoms with Crippen LogP contribution in [0, 0.1) is 6.92 Å². The Bertz CT molecular complexity index is 1340. The number of amides is 1. The third-order valence-electron chi connectivity index (χ3n) is 5.09. The van der Waals surface area contributed by atoms with Gasteiger partial charge in [-0.15, -0.1) is 0 Å². The second kappa shape index (κ2) is 9.76. The van der Waals surface area contributed by atoms with E-state index in [1.165, 1.54) is 24.3 Å². The van der Waals surface area contributed by atoms with Crippen LogP contribution < -0.4 is 9.62 Å². The van der Waals surface area contributed by atoms with E-state index in [-0.39, 0.29) is 9.79 Å². The van der Waals surface area contributed by atoms with Gasteiger partial charge in [0, 0.05) is 6.26 Å². The molecule has 0 bridgehead atoms. The van der Waals surface area contributed by atoms with Crippen molar-refractivity contribution in [3.05, 3.63) is 90.0 Å². The molecule has 0 saturated carbocycles. The first-order valence-electron chi connectivity index (χ1n) is 10.2. The Kier molecular flexibility index (Phi) is 7.24. The normalized spacial score (nSPS) is 12.7. The van der Waals surface area contributed by atoms with Crippen LogP contribution in [0.4, 0.5) is 5.69 Å². The largest absolute Gasteiger partial charge is 0.348 e. The number of aryl methyl sites for hydroxylation is 1. The van der Waals surface area contributed by atoms with Crippen LogP contribution in [-0.4, -0.2) is 35.5 Å². The first kappa shape index (κ1) is 24.5. The van der Waals surface area contributed by atoms with Gasteiger partial charge in [0.05, 0.1) is 21.5 Å². The highest BCUT2D eigenvalue weighted by molar-refractivity contribution is 7.93. The molecule has 0 heterocycles. The molecule has 0 aliphatic heterocycles. The van der Waals surface area contributed by atoms with Crippen molar-refractivity contribution < 1.29 is 21.6 Å². The average Bonchev–Trinajstić information content (AvgIpc) is 2.77. The van der Waals surface area contributed by atoms with Crippen molar-refractivity contribution in [3.8, 4) is 0 Å². The summed E-state index contributed by atoms with van der Waals surface area (Å²) in [6, 6.07) is 20.6. The minimum atomic E-state index is -3.98. The van der Waals surface area contributed by atoms with Crippen molar-refractivity contribution in [2.75, 3.05) is 17.1 Å². The van der Waals surface area contributed by atoms with E-state index in [4.69, 9.17) is 0 Å². The molecule has 174 valence electrons. The van der Waals surface area contributed by atoms with E-state index in [1.807, 2.05) is 13.0 Å². The fraction of sp³-hybridized carbons (Fsp3) is 0.208. The first-order chi connectivity index (χ1) is 15.5. The molecule has 7 nitrogen and oxygen atoms in total. The van der Waals surface area contributed by atoms with Crippen molar-refractivity contribution in [1.29, 1.82) is 0 Å². The van der Waals surface area contributed by atoms with Gasteiger partial charge in [0.1, 0.15) is 6.54 Å². The lowest BCUT2D eigenvalue weighted by Crippen LogP contribution is -2.41. The molecule has 1 N–H and O–H groups in total. The fourth-order valence-corrected chi connectivity index (χ4v) is 5.39. The number of hydrogen-bond acceptors (Lipinski definition) is 5. The van der Waals surface area contributed by atoms with Gasteiger partial charge in [-0.1, -0.05) is 42.5 Å². The molecule has 1 atom stereocenters. The van der Waals surface area contributed by atoms with Crippen LogP contribution in [0.3, 0.4) is 0 Å². The lowest BCUT2D eigenvalue weighted by molar-refractivity contribution is -0.120. The number of nitrogens with zero attached hydrogens (tertiary/aromatic N) is 1. The maximum absolute atomic E-state index is 13.4. The molecule has 0 aromatic heterocycles. The minimum Gasteiger partial charge on any atom is -0.348 e. The molecule has 0 aliphatic rings. The van der Waals surface area contributed by atoms with Crippen molar-refractivity contribution in [2.45, 2.75) is 29.7 Å². The van der Waals surface area contributed by atoms with Gasteiger partial charge in [-0.2, -0.15) is 0 Å². The molecule has 0 fully saturated rings. The number of carbonyl (C=O) groups is 1. The maximum Gasteiger partial charge on any atom is 0.264 e. The number of anilines is 1. The predicted octanol–water partition coefficient (Wildman–Crippen LogP) is 3.47. The van der Waals surface area contributed by atoms with Crippen molar-refractivity contribution in [3.63, 3.8) is 0 Å². The number of hydrogen-bond donors (Lipinski definition) is 1. The van der Waals surface area contributed by atoms with E-state index in [1.54, 1.807) is 55.5 Å². The van der Waals surface area contributed by atoms with Crippen LogP contribution in [-0.2, 0) is 24.7 Å². The molecular formula is C24H26N2O5S2. The number of carbonyl (C=O) groups excluding carboxylic acids is 1. The van der Waals surface area contributed by atoms with E-state index in [0.717, 1.165) is 16.1 Å². The Morgan fingerprint density at radius 3 is 2.09 bits per heavy atom. The Morgan fingerprint density at radius 2 is 1.52 bits per heavy atom. The monoisotopic (exact) mass is 486 g/mol. The molecule has 3 rings (SSSR count). The number of sulfone groups is 1. The highest BCUT2D eigenvalue weighted by Gasteiger charge is 2.27. The van der Waals surface area contributed by atoms with Crippen molar-refractivity contribution in [2.24, 2.45) is 0 Å². The topological polar surface area (TPSA) is 101 Å². The van der Waals surface area contributed by atoms with Crippen LogP contribution in [0.1, 0.15) is 24.1 Å². The van der Waals surface area contributed by atoms with Gasteiger partial charge in [0.2, 0.25) is 5.91 Å². The van der Waals surface area contributed by atoms with E-state index in [2.05, 4.69) is 5.32 Å². The van der Waals surface area contributed by atoms with Gasteiger partial charge in [0.15, 0.2) is 9.84 Å². The van der Waals surface area contributed by atoms with E-state index in [0.29, 0.717) is 11.3 Å². The summed E-state index contributed by atoms with van der Waals surface area (Å²) in [5.41, 5.74) is 1.95. The van der Waals surface area contributed by atoms with E-state index in [9.17, 15) is 21.6 Å². The standard InChI is InChI=1S/C24H26N2O5S2/c1-18-8-7-9-21(16-18)26(33(30,31)23-10-5-4-6-11-23)17-24(27)25-19(2)20-12-14-22(15-13-20)32(3,28)29/h4-16,19H,17H2,1-3H3,(H,25,27)/t19-/m0/s1. The fourth-order valence-electron chi connectivity index (χ4n) is 3.32. The molecule has 33 heavy (non-hydrogen) atoms. The smallest absolute Gasteiger partial charge is 0.264 e. The SMILES string of the molecule is Cc1cccc(N(CC(=O)N[C@@H](C)c2ccc(S(C)(=O)=O)cc2)S(=O)(=O)c2ccccc2)c1. The van der Waals surface area contributed by atoms with Gasteiger partial charge in [-0.25, -0.2) is 16.8 Å². The number of sulfonamides is 1. The van der Waals surface area contributed by atoms with Crippen LogP contribution in [0.25, 0.3) is 0 Å². The number of benzene rings is 3. The number of nitrogens with one attached hydrogen (secondary N) is 1. The molecule has 1 amide bonds. The third-order valence-corrected chi connectivity index (χ3v) is 8.01. The summed E-state index contributed by atoms with van der Waals surface area (Å²) < 4.78 is 51.1. The lowest BCUT2D eigenvalue weighted by Gasteiger charge is -2.25. The van der Waals surface area contributed by atoms with Crippen LogP contribution in [0.15, 0.2) is 88.7 Å². The summed E-state index contributed by atoms with van der Waals surface area (Å²) in [6.45, 7) is 3.18. The lowest BCUT2D eigenvalue weighted by atomic mass is 10.1. The quantitative estimate of drug-likeness (QED) is 0.525. The maximum atomic E-state index is 13.4. The molecule has 0 radical (unpaired) electrons. The predicted molar refractivity (Wildman–Crippen MR) is 128 cm³/mol. The minimum absolute atomic E-state index is 0.0868. The van der Waals surface area contributed by atoms with Gasteiger partial charge in [-0.05, 0) is 61.4 Å². The molecule has 3 aromatic rings. The molecule has 9 heteroatoms. The van der Waals surface area contributed by atoms with E-state index < -0.39 is 38.4 Å². The van der Waals surface area contributed by atoms with Crippen molar-refractivity contribution in [1.82, 2.24) is 5.32 Å². The third kappa shape index (κ3) is 6.00. The molecule has 3 aromatic carbocycles. The van der Waals surface area contributed by atoms with Gasteiger partial charge in [0.25, 0.3) is 10.0 Å². The Hall–Kier alpha value is -3.17. The summed E-state index contributed by atoms with van der Waals surface area (Å²) in [7, 11) is -7.30. The zero-order valence-electron chi connectivity index (χ0n) is 18.6. The molecule has 0 unspecified atom stereocenters. The molecule has 0 aliphatic carbocycles. The average molecular weight is 487 g/mol. The Morgan fingerprint density at radius 1 is 0.879 bits per heavy atom. The summed E-state index contributed by atoms with van der Waals surface area (Å²) >= 11 is 0. The summed E-state index contributed by atoms with van der Waals surface area (Å²) in [5, 5.41) is 2.80. The van der Waals surface area contributed by atoms with Gasteiger partial charge < -0.3 is 5.32 Å². The first-order valence-corrected chi connectivity index (χ1v) is 13.6. The highest BCUT2D eigenvalue weighted by Crippen LogP contribution is 2.24. The second-order valence-corrected chi connectivity index (χ2v) is 11.7. The Balaban J connectivity index is 1.85. The summed E-state index contributed by atoms with van der Waals surface area (Å²) in [4.78, 5) is 13.2. The number of rotatable bonds is 8. The zero-order chi connectivity index (χ0) is 24.2. The molecule has 0 saturated heterocycles. The van der Waals surface area contributed by atoms with Gasteiger partial charge >= 0.3 is 0 Å². The summed E-state index contributed by atoms with van der Waals surface area (Å²) in [5.74, 6) is -0.490.